The molecule has 0 amide bonds. The van der Waals surface area contributed by atoms with Crippen LogP contribution in [-0.2, 0) is 6.42 Å². The molecule has 0 spiro atoms. The maximum atomic E-state index is 2.43. The lowest BCUT2D eigenvalue weighted by Crippen LogP contribution is -2.20. The summed E-state index contributed by atoms with van der Waals surface area (Å²) >= 11 is 1.97. The summed E-state index contributed by atoms with van der Waals surface area (Å²) in [5, 5.41) is 0. The first kappa shape index (κ1) is 9.91. The SMILES string of the molecule is CCc1cccc(N2CCCCS2)c1. The Hall–Kier alpha value is -0.630. The molecule has 76 valence electrons. The third-order valence-corrected chi connectivity index (χ3v) is 3.79. The highest BCUT2D eigenvalue weighted by Gasteiger charge is 2.11. The van der Waals surface area contributed by atoms with Gasteiger partial charge in [-0.25, -0.2) is 0 Å². The first-order chi connectivity index (χ1) is 6.90. The van der Waals surface area contributed by atoms with E-state index in [1.54, 1.807) is 0 Å². The Morgan fingerprint density at radius 2 is 2.29 bits per heavy atom. The zero-order valence-corrected chi connectivity index (χ0v) is 9.52. The predicted octanol–water partition coefficient (Wildman–Crippen LogP) is 3.50. The smallest absolute Gasteiger partial charge is 0.0472 e. The van der Waals surface area contributed by atoms with Crippen LogP contribution in [0.4, 0.5) is 5.69 Å². The van der Waals surface area contributed by atoms with Crippen LogP contribution in [0, 0.1) is 0 Å². The number of rotatable bonds is 2. The molecule has 1 nitrogen and oxygen atoms in total. The van der Waals surface area contributed by atoms with Crippen molar-refractivity contribution in [3.8, 4) is 0 Å². The lowest BCUT2D eigenvalue weighted by Gasteiger charge is -2.27. The predicted molar refractivity (Wildman–Crippen MR) is 64.9 cm³/mol. The van der Waals surface area contributed by atoms with Crippen molar-refractivity contribution in [3.05, 3.63) is 29.8 Å². The van der Waals surface area contributed by atoms with Gasteiger partial charge in [-0.05, 0) is 48.9 Å². The van der Waals surface area contributed by atoms with E-state index < -0.39 is 0 Å². The average Bonchev–Trinajstić information content (AvgIpc) is 2.30. The number of benzene rings is 1. The number of anilines is 1. The van der Waals surface area contributed by atoms with Gasteiger partial charge in [0.25, 0.3) is 0 Å². The molecule has 1 fully saturated rings. The van der Waals surface area contributed by atoms with Crippen molar-refractivity contribution in [2.24, 2.45) is 0 Å². The summed E-state index contributed by atoms with van der Waals surface area (Å²) in [6.07, 6.45) is 3.84. The van der Waals surface area contributed by atoms with Gasteiger partial charge in [0.1, 0.15) is 0 Å². The second-order valence-electron chi connectivity index (χ2n) is 3.67. The monoisotopic (exact) mass is 207 g/mol. The van der Waals surface area contributed by atoms with E-state index >= 15 is 0 Å². The van der Waals surface area contributed by atoms with E-state index in [9.17, 15) is 0 Å². The van der Waals surface area contributed by atoms with E-state index in [2.05, 4.69) is 35.5 Å². The van der Waals surface area contributed by atoms with Crippen LogP contribution in [0.25, 0.3) is 0 Å². The average molecular weight is 207 g/mol. The van der Waals surface area contributed by atoms with Crippen LogP contribution in [0.3, 0.4) is 0 Å². The highest BCUT2D eigenvalue weighted by molar-refractivity contribution is 8.00. The number of nitrogens with zero attached hydrogens (tertiary/aromatic N) is 1. The Morgan fingerprint density at radius 1 is 1.36 bits per heavy atom. The molecule has 0 unspecified atom stereocenters. The molecule has 1 saturated heterocycles. The van der Waals surface area contributed by atoms with E-state index in [1.165, 1.54) is 36.4 Å². The van der Waals surface area contributed by atoms with Crippen molar-refractivity contribution in [2.75, 3.05) is 16.6 Å². The Morgan fingerprint density at radius 3 is 3.00 bits per heavy atom. The minimum absolute atomic E-state index is 1.13. The lowest BCUT2D eigenvalue weighted by molar-refractivity contribution is 0.791. The zero-order valence-electron chi connectivity index (χ0n) is 8.70. The molecule has 14 heavy (non-hydrogen) atoms. The molecule has 0 saturated carbocycles. The normalized spacial score (nSPS) is 17.1. The molecule has 0 aromatic heterocycles. The first-order valence-corrected chi connectivity index (χ1v) is 6.34. The third kappa shape index (κ3) is 2.24. The van der Waals surface area contributed by atoms with E-state index in [0.717, 1.165) is 6.42 Å². The summed E-state index contributed by atoms with van der Waals surface area (Å²) in [6.45, 7) is 3.42. The molecular weight excluding hydrogens is 190 g/mol. The Bertz CT molecular complexity index is 292. The fraction of sp³-hybridized carbons (Fsp3) is 0.500. The van der Waals surface area contributed by atoms with Gasteiger partial charge in [-0.2, -0.15) is 0 Å². The molecular formula is C12H17NS. The van der Waals surface area contributed by atoms with E-state index in [4.69, 9.17) is 0 Å². The van der Waals surface area contributed by atoms with Gasteiger partial charge in [-0.3, -0.25) is 0 Å². The van der Waals surface area contributed by atoms with Crippen molar-refractivity contribution in [2.45, 2.75) is 26.2 Å². The second kappa shape index (κ2) is 4.74. The molecule has 2 rings (SSSR count). The standard InChI is InChI=1S/C12H17NS/c1-2-11-6-5-7-12(10-11)13-8-3-4-9-14-13/h5-7,10H,2-4,8-9H2,1H3. The van der Waals surface area contributed by atoms with Gasteiger partial charge in [0.05, 0.1) is 0 Å². The van der Waals surface area contributed by atoms with E-state index in [0.29, 0.717) is 0 Å². The fourth-order valence-corrected chi connectivity index (χ4v) is 2.81. The van der Waals surface area contributed by atoms with Gasteiger partial charge in [0, 0.05) is 18.0 Å². The number of hydrogen-bond donors (Lipinski definition) is 0. The second-order valence-corrected chi connectivity index (χ2v) is 4.77. The van der Waals surface area contributed by atoms with Gasteiger partial charge >= 0.3 is 0 Å². The zero-order chi connectivity index (χ0) is 9.80. The molecule has 1 aliphatic heterocycles. The quantitative estimate of drug-likeness (QED) is 0.683. The molecule has 0 aliphatic carbocycles. The summed E-state index contributed by atoms with van der Waals surface area (Å²) in [6, 6.07) is 8.91. The first-order valence-electron chi connectivity index (χ1n) is 5.39. The summed E-state index contributed by atoms with van der Waals surface area (Å²) in [5.74, 6) is 1.27. The van der Waals surface area contributed by atoms with Crippen LogP contribution in [0.2, 0.25) is 0 Å². The topological polar surface area (TPSA) is 3.24 Å². The van der Waals surface area contributed by atoms with Gasteiger partial charge in [0.15, 0.2) is 0 Å². The molecule has 1 aliphatic rings. The van der Waals surface area contributed by atoms with E-state index in [1.807, 2.05) is 11.9 Å². The molecule has 1 aromatic rings. The molecule has 1 aromatic carbocycles. The minimum Gasteiger partial charge on any atom is -0.316 e. The van der Waals surface area contributed by atoms with E-state index in [-0.39, 0.29) is 0 Å². The van der Waals surface area contributed by atoms with Gasteiger partial charge < -0.3 is 4.31 Å². The number of hydrogen-bond acceptors (Lipinski definition) is 2. The minimum atomic E-state index is 1.13. The Balaban J connectivity index is 2.13. The number of aryl methyl sites for hydroxylation is 1. The van der Waals surface area contributed by atoms with Crippen molar-refractivity contribution < 1.29 is 0 Å². The molecule has 1 heterocycles. The van der Waals surface area contributed by atoms with Crippen molar-refractivity contribution in [3.63, 3.8) is 0 Å². The molecule has 0 atom stereocenters. The largest absolute Gasteiger partial charge is 0.316 e. The maximum Gasteiger partial charge on any atom is 0.0472 e. The van der Waals surface area contributed by atoms with Crippen LogP contribution in [0.15, 0.2) is 24.3 Å². The fourth-order valence-electron chi connectivity index (χ4n) is 1.73. The van der Waals surface area contributed by atoms with Crippen LogP contribution in [0.5, 0.6) is 0 Å². The third-order valence-electron chi connectivity index (χ3n) is 2.61. The van der Waals surface area contributed by atoms with Crippen LogP contribution in [-0.4, -0.2) is 12.3 Å². The highest BCUT2D eigenvalue weighted by Crippen LogP contribution is 2.27. The molecule has 0 radical (unpaired) electrons. The van der Waals surface area contributed by atoms with Crippen LogP contribution < -0.4 is 4.31 Å². The molecule has 0 N–H and O–H groups in total. The summed E-state index contributed by atoms with van der Waals surface area (Å²) in [4.78, 5) is 0. The molecule has 0 bridgehead atoms. The Kier molecular flexibility index (Phi) is 3.35. The highest BCUT2D eigenvalue weighted by atomic mass is 32.2. The summed E-state index contributed by atoms with van der Waals surface area (Å²) in [7, 11) is 0. The van der Waals surface area contributed by atoms with Crippen molar-refractivity contribution >= 4 is 17.6 Å². The van der Waals surface area contributed by atoms with Crippen molar-refractivity contribution in [1.29, 1.82) is 0 Å². The van der Waals surface area contributed by atoms with Crippen LogP contribution >= 0.6 is 11.9 Å². The maximum absolute atomic E-state index is 2.43. The Labute approximate surface area is 90.6 Å². The van der Waals surface area contributed by atoms with Gasteiger partial charge in [-0.15, -0.1) is 0 Å². The van der Waals surface area contributed by atoms with Gasteiger partial charge in [-0.1, -0.05) is 19.1 Å². The molecule has 2 heteroatoms. The van der Waals surface area contributed by atoms with Crippen molar-refractivity contribution in [1.82, 2.24) is 0 Å². The van der Waals surface area contributed by atoms with Crippen LogP contribution in [0.1, 0.15) is 25.3 Å². The summed E-state index contributed by atoms with van der Waals surface area (Å²) < 4.78 is 2.43. The lowest BCUT2D eigenvalue weighted by atomic mass is 10.1. The van der Waals surface area contributed by atoms with Gasteiger partial charge in [0.2, 0.25) is 0 Å². The summed E-state index contributed by atoms with van der Waals surface area (Å²) in [5.41, 5.74) is 2.82.